The number of pyridine rings is 1. The van der Waals surface area contributed by atoms with Crippen LogP contribution < -0.4 is 16.4 Å². The number of carbonyl (C=O) groups excluding carboxylic acids is 2. The molecular weight excluding hydrogens is 378 g/mol. The van der Waals surface area contributed by atoms with Gasteiger partial charge in [0.2, 0.25) is 5.91 Å². The third-order valence-electron chi connectivity index (χ3n) is 4.76. The zero-order valence-corrected chi connectivity index (χ0v) is 15.9. The molecule has 0 fully saturated rings. The largest absolute Gasteiger partial charge is 0.298 e. The minimum atomic E-state index is -0.452. The Kier molecular flexibility index (Phi) is 5.16. The molecule has 3 heterocycles. The van der Waals surface area contributed by atoms with Crippen molar-refractivity contribution in [2.45, 2.75) is 38.6 Å². The van der Waals surface area contributed by atoms with Crippen LogP contribution in [0.3, 0.4) is 0 Å². The quantitative estimate of drug-likeness (QED) is 0.650. The van der Waals surface area contributed by atoms with E-state index in [9.17, 15) is 14.4 Å². The number of carbonyl (C=O) groups is 2. The molecule has 0 atom stereocenters. The first kappa shape index (κ1) is 18.3. The smallest absolute Gasteiger partial charge is 0.271 e. The summed E-state index contributed by atoms with van der Waals surface area (Å²) in [7, 11) is 0. The van der Waals surface area contributed by atoms with Gasteiger partial charge in [-0.3, -0.25) is 34.8 Å². The van der Waals surface area contributed by atoms with E-state index in [4.69, 9.17) is 0 Å². The fourth-order valence-corrected chi connectivity index (χ4v) is 4.54. The van der Waals surface area contributed by atoms with E-state index in [0.717, 1.165) is 36.1 Å². The number of aryl methyl sites for hydroxylation is 3. The second kappa shape index (κ2) is 7.89. The summed E-state index contributed by atoms with van der Waals surface area (Å²) in [6.07, 6.45) is 8.67. The molecule has 0 aliphatic heterocycles. The normalized spacial score (nSPS) is 13.1. The van der Waals surface area contributed by atoms with E-state index in [0.29, 0.717) is 10.9 Å². The zero-order chi connectivity index (χ0) is 19.5. The van der Waals surface area contributed by atoms with Crippen molar-refractivity contribution >= 4 is 33.4 Å². The molecule has 2 N–H and O–H groups in total. The molecule has 144 valence electrons. The molecule has 0 saturated heterocycles. The maximum atomic E-state index is 12.8. The van der Waals surface area contributed by atoms with Crippen molar-refractivity contribution in [1.29, 1.82) is 0 Å². The zero-order valence-electron chi connectivity index (χ0n) is 15.1. The Labute approximate surface area is 164 Å². The number of nitrogens with one attached hydrogen (secondary N) is 2. The summed E-state index contributed by atoms with van der Waals surface area (Å²) in [5.74, 6) is -0.844. The molecule has 3 aromatic rings. The molecule has 8 nitrogen and oxygen atoms in total. The monoisotopic (exact) mass is 397 g/mol. The highest BCUT2D eigenvalue weighted by Gasteiger charge is 2.20. The van der Waals surface area contributed by atoms with Crippen molar-refractivity contribution in [1.82, 2.24) is 25.4 Å². The van der Waals surface area contributed by atoms with Crippen molar-refractivity contribution in [2.75, 3.05) is 0 Å². The van der Waals surface area contributed by atoms with E-state index < -0.39 is 11.8 Å². The SMILES string of the molecule is O=C(CCn1cnc2sc3c(c2c1=O)CCCC3)NNC(=O)c1cccnc1. The lowest BCUT2D eigenvalue weighted by molar-refractivity contribution is -0.122. The third kappa shape index (κ3) is 3.65. The summed E-state index contributed by atoms with van der Waals surface area (Å²) in [6.45, 7) is 0.195. The second-order valence-corrected chi connectivity index (χ2v) is 7.71. The molecule has 9 heteroatoms. The van der Waals surface area contributed by atoms with Crippen LogP contribution in [0.25, 0.3) is 10.2 Å². The van der Waals surface area contributed by atoms with Crippen molar-refractivity contribution in [2.24, 2.45) is 0 Å². The molecule has 0 unspecified atom stereocenters. The predicted molar refractivity (Wildman–Crippen MR) is 105 cm³/mol. The molecule has 4 rings (SSSR count). The van der Waals surface area contributed by atoms with Crippen LogP contribution in [0.2, 0.25) is 0 Å². The molecular formula is C19H19N5O3S. The summed E-state index contributed by atoms with van der Waals surface area (Å²) in [4.78, 5) is 47.1. The molecule has 1 aliphatic rings. The molecule has 0 aromatic carbocycles. The molecule has 0 bridgehead atoms. The average Bonchev–Trinajstić information content (AvgIpc) is 3.11. The summed E-state index contributed by atoms with van der Waals surface area (Å²) in [5, 5.41) is 0.701. The summed E-state index contributed by atoms with van der Waals surface area (Å²) in [5.41, 5.74) is 6.06. The van der Waals surface area contributed by atoms with E-state index >= 15 is 0 Å². The first-order chi connectivity index (χ1) is 13.6. The Balaban J connectivity index is 1.40. The molecule has 0 spiro atoms. The number of hydrazine groups is 1. The van der Waals surface area contributed by atoms with Gasteiger partial charge in [0.1, 0.15) is 4.83 Å². The Morgan fingerprint density at radius 3 is 2.89 bits per heavy atom. The van der Waals surface area contributed by atoms with E-state index in [-0.39, 0.29) is 18.5 Å². The van der Waals surface area contributed by atoms with Crippen LogP contribution in [0.5, 0.6) is 0 Å². The lowest BCUT2D eigenvalue weighted by Gasteiger charge is -2.11. The number of aromatic nitrogens is 3. The molecule has 0 radical (unpaired) electrons. The Hall–Kier alpha value is -3.07. The van der Waals surface area contributed by atoms with Gasteiger partial charge < -0.3 is 0 Å². The van der Waals surface area contributed by atoms with Gasteiger partial charge in [-0.05, 0) is 43.4 Å². The summed E-state index contributed by atoms with van der Waals surface area (Å²) < 4.78 is 1.46. The van der Waals surface area contributed by atoms with Crippen LogP contribution in [0, 0.1) is 0 Å². The number of nitrogens with zero attached hydrogens (tertiary/aromatic N) is 3. The fourth-order valence-electron chi connectivity index (χ4n) is 3.32. The highest BCUT2D eigenvalue weighted by Crippen LogP contribution is 2.33. The second-order valence-electron chi connectivity index (χ2n) is 6.63. The minimum absolute atomic E-state index is 0.0484. The lowest BCUT2D eigenvalue weighted by Crippen LogP contribution is -2.42. The van der Waals surface area contributed by atoms with Crippen LogP contribution in [0.15, 0.2) is 35.6 Å². The van der Waals surface area contributed by atoms with Gasteiger partial charge in [-0.2, -0.15) is 0 Å². The highest BCUT2D eigenvalue weighted by atomic mass is 32.1. The van der Waals surface area contributed by atoms with Crippen molar-refractivity contribution in [3.63, 3.8) is 0 Å². The number of hydrogen-bond donors (Lipinski definition) is 2. The van der Waals surface area contributed by atoms with Gasteiger partial charge in [-0.1, -0.05) is 0 Å². The number of hydrogen-bond acceptors (Lipinski definition) is 6. The lowest BCUT2D eigenvalue weighted by atomic mass is 9.97. The van der Waals surface area contributed by atoms with Crippen molar-refractivity contribution < 1.29 is 9.59 Å². The number of amides is 2. The maximum absolute atomic E-state index is 12.8. The first-order valence-corrected chi connectivity index (χ1v) is 9.94. The first-order valence-electron chi connectivity index (χ1n) is 9.12. The molecule has 3 aromatic heterocycles. The van der Waals surface area contributed by atoms with Crippen molar-refractivity contribution in [3.8, 4) is 0 Å². The highest BCUT2D eigenvalue weighted by molar-refractivity contribution is 7.18. The Morgan fingerprint density at radius 1 is 1.21 bits per heavy atom. The number of thiophene rings is 1. The van der Waals surface area contributed by atoms with Crippen LogP contribution in [0.1, 0.15) is 40.1 Å². The third-order valence-corrected chi connectivity index (χ3v) is 5.96. The topological polar surface area (TPSA) is 106 Å². The Morgan fingerprint density at radius 2 is 2.07 bits per heavy atom. The van der Waals surface area contributed by atoms with Gasteiger partial charge in [0.15, 0.2) is 0 Å². The van der Waals surface area contributed by atoms with Gasteiger partial charge >= 0.3 is 0 Å². The van der Waals surface area contributed by atoms with E-state index in [1.54, 1.807) is 29.7 Å². The molecule has 1 aliphatic carbocycles. The van der Waals surface area contributed by atoms with Crippen LogP contribution >= 0.6 is 11.3 Å². The Bertz CT molecular complexity index is 1090. The average molecular weight is 397 g/mol. The fraction of sp³-hybridized carbons (Fsp3) is 0.316. The summed E-state index contributed by atoms with van der Waals surface area (Å²) >= 11 is 1.60. The molecule has 28 heavy (non-hydrogen) atoms. The minimum Gasteiger partial charge on any atom is -0.298 e. The van der Waals surface area contributed by atoms with Crippen LogP contribution in [0.4, 0.5) is 0 Å². The van der Waals surface area contributed by atoms with Crippen LogP contribution in [-0.2, 0) is 24.2 Å². The molecule has 2 amide bonds. The van der Waals surface area contributed by atoms with Crippen LogP contribution in [-0.4, -0.2) is 26.3 Å². The van der Waals surface area contributed by atoms with Crippen molar-refractivity contribution in [3.05, 3.63) is 57.2 Å². The standard InChI is InChI=1S/C19H19N5O3S/c25-15(22-23-17(26)12-4-3-8-20-10-12)7-9-24-11-21-18-16(19(24)27)13-5-1-2-6-14(13)28-18/h3-4,8,10-11H,1-2,5-7,9H2,(H,22,25)(H,23,26). The van der Waals surface area contributed by atoms with Gasteiger partial charge in [0.25, 0.3) is 11.5 Å². The van der Waals surface area contributed by atoms with Gasteiger partial charge in [-0.15, -0.1) is 11.3 Å². The van der Waals surface area contributed by atoms with Gasteiger partial charge in [0.05, 0.1) is 17.3 Å². The van der Waals surface area contributed by atoms with E-state index in [1.165, 1.54) is 22.0 Å². The maximum Gasteiger partial charge on any atom is 0.271 e. The molecule has 0 saturated carbocycles. The number of rotatable bonds is 4. The van der Waals surface area contributed by atoms with Gasteiger partial charge in [-0.25, -0.2) is 4.98 Å². The van der Waals surface area contributed by atoms with E-state index in [2.05, 4.69) is 20.8 Å². The number of fused-ring (bicyclic) bond motifs is 3. The summed E-state index contributed by atoms with van der Waals surface area (Å²) in [6, 6.07) is 3.23. The van der Waals surface area contributed by atoms with E-state index in [1.807, 2.05) is 0 Å². The predicted octanol–water partition coefficient (Wildman–Crippen LogP) is 1.58. The van der Waals surface area contributed by atoms with Gasteiger partial charge in [0, 0.05) is 30.2 Å².